The van der Waals surface area contributed by atoms with Crippen LogP contribution in [0.2, 0.25) is 0 Å². The molecular weight excluding hydrogens is 326 g/mol. The van der Waals surface area contributed by atoms with E-state index < -0.39 is 5.97 Å². The molecule has 5 nitrogen and oxygen atoms in total. The van der Waals surface area contributed by atoms with Gasteiger partial charge in [-0.25, -0.2) is 4.79 Å². The molecular formula is C21H19N3O2. The Morgan fingerprint density at radius 3 is 2.54 bits per heavy atom. The van der Waals surface area contributed by atoms with Crippen molar-refractivity contribution in [3.05, 3.63) is 78.1 Å². The van der Waals surface area contributed by atoms with Crippen molar-refractivity contribution in [3.8, 4) is 11.3 Å². The number of hydrogen-bond donors (Lipinski definition) is 1. The van der Waals surface area contributed by atoms with E-state index >= 15 is 0 Å². The SMILES string of the molecule is CCn1cc(-c2cc(C(=O)O)n(Cc3ccccc3)n2)c2ccccc21. The minimum Gasteiger partial charge on any atom is -0.477 e. The number of carboxylic acid groups (broad SMARTS) is 1. The van der Waals surface area contributed by atoms with Crippen LogP contribution in [0.4, 0.5) is 0 Å². The first-order valence-electron chi connectivity index (χ1n) is 8.60. The van der Waals surface area contributed by atoms with E-state index in [9.17, 15) is 9.90 Å². The smallest absolute Gasteiger partial charge is 0.354 e. The van der Waals surface area contributed by atoms with Crippen molar-refractivity contribution in [2.24, 2.45) is 0 Å². The number of rotatable bonds is 5. The van der Waals surface area contributed by atoms with Gasteiger partial charge in [0.2, 0.25) is 0 Å². The van der Waals surface area contributed by atoms with Crippen LogP contribution in [-0.4, -0.2) is 25.4 Å². The van der Waals surface area contributed by atoms with Gasteiger partial charge >= 0.3 is 5.97 Å². The molecule has 0 atom stereocenters. The first-order chi connectivity index (χ1) is 12.7. The second kappa shape index (κ2) is 6.52. The Hall–Kier alpha value is -3.34. The fraction of sp³-hybridized carbons (Fsp3) is 0.143. The highest BCUT2D eigenvalue weighted by Gasteiger charge is 2.18. The Labute approximate surface area is 151 Å². The summed E-state index contributed by atoms with van der Waals surface area (Å²) in [7, 11) is 0. The molecule has 0 aliphatic rings. The molecule has 0 aliphatic heterocycles. The number of hydrogen-bond acceptors (Lipinski definition) is 2. The third-order valence-corrected chi connectivity index (χ3v) is 4.58. The number of carbonyl (C=O) groups is 1. The maximum atomic E-state index is 11.7. The fourth-order valence-corrected chi connectivity index (χ4v) is 3.31. The summed E-state index contributed by atoms with van der Waals surface area (Å²) in [6.45, 7) is 3.36. The number of fused-ring (bicyclic) bond motifs is 1. The maximum Gasteiger partial charge on any atom is 0.354 e. The van der Waals surface area contributed by atoms with Crippen LogP contribution in [0.5, 0.6) is 0 Å². The predicted molar refractivity (Wildman–Crippen MR) is 101 cm³/mol. The summed E-state index contributed by atoms with van der Waals surface area (Å²) in [4.78, 5) is 11.7. The predicted octanol–water partition coefficient (Wildman–Crippen LogP) is 4.27. The van der Waals surface area contributed by atoms with E-state index in [-0.39, 0.29) is 5.69 Å². The van der Waals surface area contributed by atoms with Gasteiger partial charge in [0.1, 0.15) is 5.69 Å². The molecule has 4 rings (SSSR count). The lowest BCUT2D eigenvalue weighted by Crippen LogP contribution is -2.10. The van der Waals surface area contributed by atoms with E-state index in [0.29, 0.717) is 12.2 Å². The van der Waals surface area contributed by atoms with Crippen molar-refractivity contribution in [3.63, 3.8) is 0 Å². The molecule has 0 unspecified atom stereocenters. The number of aromatic nitrogens is 3. The molecule has 0 amide bonds. The van der Waals surface area contributed by atoms with Gasteiger partial charge in [-0.1, -0.05) is 48.5 Å². The molecule has 1 N–H and O–H groups in total. The third-order valence-electron chi connectivity index (χ3n) is 4.58. The van der Waals surface area contributed by atoms with Crippen molar-refractivity contribution in [1.82, 2.24) is 14.3 Å². The molecule has 2 aromatic carbocycles. The van der Waals surface area contributed by atoms with Crippen molar-refractivity contribution >= 4 is 16.9 Å². The molecule has 0 bridgehead atoms. The highest BCUT2D eigenvalue weighted by atomic mass is 16.4. The summed E-state index contributed by atoms with van der Waals surface area (Å²) in [5.41, 5.74) is 3.97. The van der Waals surface area contributed by atoms with Crippen LogP contribution < -0.4 is 0 Å². The fourth-order valence-electron chi connectivity index (χ4n) is 3.31. The van der Waals surface area contributed by atoms with Crippen molar-refractivity contribution in [2.75, 3.05) is 0 Å². The van der Waals surface area contributed by atoms with Gasteiger partial charge in [0, 0.05) is 29.2 Å². The highest BCUT2D eigenvalue weighted by molar-refractivity contribution is 5.96. The summed E-state index contributed by atoms with van der Waals surface area (Å²) in [6.07, 6.45) is 2.05. The number of para-hydroxylation sites is 1. The summed E-state index contributed by atoms with van der Waals surface area (Å²) in [6, 6.07) is 19.5. The number of nitrogens with zero attached hydrogens (tertiary/aromatic N) is 3. The Kier molecular flexibility index (Phi) is 4.05. The lowest BCUT2D eigenvalue weighted by atomic mass is 10.1. The molecule has 5 heteroatoms. The molecule has 2 aromatic heterocycles. The summed E-state index contributed by atoms with van der Waals surface area (Å²) >= 11 is 0. The van der Waals surface area contributed by atoms with Gasteiger partial charge in [-0.05, 0) is 24.6 Å². The zero-order chi connectivity index (χ0) is 18.1. The van der Waals surface area contributed by atoms with Crippen LogP contribution in [0.15, 0.2) is 66.9 Å². The molecule has 130 valence electrons. The zero-order valence-corrected chi connectivity index (χ0v) is 14.5. The van der Waals surface area contributed by atoms with E-state index in [0.717, 1.165) is 28.6 Å². The molecule has 0 aliphatic carbocycles. The van der Waals surface area contributed by atoms with Gasteiger partial charge in [0.05, 0.1) is 12.2 Å². The monoisotopic (exact) mass is 345 g/mol. The minimum absolute atomic E-state index is 0.192. The van der Waals surface area contributed by atoms with Crippen LogP contribution in [-0.2, 0) is 13.1 Å². The van der Waals surface area contributed by atoms with E-state index in [2.05, 4.69) is 22.7 Å². The second-order valence-electron chi connectivity index (χ2n) is 6.21. The van der Waals surface area contributed by atoms with Crippen LogP contribution in [0.1, 0.15) is 23.0 Å². The molecule has 26 heavy (non-hydrogen) atoms. The number of aryl methyl sites for hydroxylation is 1. The van der Waals surface area contributed by atoms with Crippen molar-refractivity contribution < 1.29 is 9.90 Å². The third kappa shape index (κ3) is 2.77. The van der Waals surface area contributed by atoms with Gasteiger partial charge in [-0.2, -0.15) is 5.10 Å². The summed E-state index contributed by atoms with van der Waals surface area (Å²) < 4.78 is 3.71. The molecule has 2 heterocycles. The van der Waals surface area contributed by atoms with E-state index in [4.69, 9.17) is 0 Å². The lowest BCUT2D eigenvalue weighted by molar-refractivity contribution is 0.0684. The standard InChI is InChI=1S/C21H19N3O2/c1-2-23-14-17(16-10-6-7-11-19(16)23)18-12-20(21(25)26)24(22-18)13-15-8-4-3-5-9-15/h3-12,14H,2,13H2,1H3,(H,25,26). The quantitative estimate of drug-likeness (QED) is 0.587. The molecule has 0 radical (unpaired) electrons. The normalized spacial score (nSPS) is 11.1. The molecule has 4 aromatic rings. The van der Waals surface area contributed by atoms with Gasteiger partial charge in [0.15, 0.2) is 0 Å². The van der Waals surface area contributed by atoms with E-state index in [1.165, 1.54) is 0 Å². The van der Waals surface area contributed by atoms with Gasteiger partial charge in [-0.15, -0.1) is 0 Å². The molecule has 0 fully saturated rings. The van der Waals surface area contributed by atoms with E-state index in [1.54, 1.807) is 10.7 Å². The zero-order valence-electron chi connectivity index (χ0n) is 14.5. The average molecular weight is 345 g/mol. The lowest BCUT2D eigenvalue weighted by Gasteiger charge is -2.04. The number of aromatic carboxylic acids is 1. The number of benzene rings is 2. The van der Waals surface area contributed by atoms with Gasteiger partial charge < -0.3 is 9.67 Å². The van der Waals surface area contributed by atoms with Crippen LogP contribution in [0, 0.1) is 0 Å². The molecule has 0 saturated carbocycles. The van der Waals surface area contributed by atoms with Crippen molar-refractivity contribution in [2.45, 2.75) is 20.0 Å². The van der Waals surface area contributed by atoms with Gasteiger partial charge in [0.25, 0.3) is 0 Å². The Balaban J connectivity index is 1.83. The number of carboxylic acids is 1. The minimum atomic E-state index is -0.973. The Morgan fingerprint density at radius 1 is 1.08 bits per heavy atom. The molecule has 0 spiro atoms. The Bertz CT molecular complexity index is 1080. The van der Waals surface area contributed by atoms with Crippen LogP contribution >= 0.6 is 0 Å². The van der Waals surface area contributed by atoms with Crippen molar-refractivity contribution in [1.29, 1.82) is 0 Å². The first-order valence-corrected chi connectivity index (χ1v) is 8.60. The average Bonchev–Trinajstić information content (AvgIpc) is 3.24. The van der Waals surface area contributed by atoms with Crippen LogP contribution in [0.3, 0.4) is 0 Å². The maximum absolute atomic E-state index is 11.7. The topological polar surface area (TPSA) is 60.1 Å². The second-order valence-corrected chi connectivity index (χ2v) is 6.21. The Morgan fingerprint density at radius 2 is 1.81 bits per heavy atom. The van der Waals surface area contributed by atoms with Crippen LogP contribution in [0.25, 0.3) is 22.2 Å². The van der Waals surface area contributed by atoms with Gasteiger partial charge in [-0.3, -0.25) is 4.68 Å². The summed E-state index contributed by atoms with van der Waals surface area (Å²) in [5.74, 6) is -0.973. The van der Waals surface area contributed by atoms with E-state index in [1.807, 2.05) is 54.7 Å². The highest BCUT2D eigenvalue weighted by Crippen LogP contribution is 2.30. The largest absolute Gasteiger partial charge is 0.477 e. The summed E-state index contributed by atoms with van der Waals surface area (Å²) in [5, 5.41) is 15.3. The first kappa shape index (κ1) is 16.1. The molecule has 0 saturated heterocycles.